The number of nitrogens with two attached hydrogens (primary N) is 1. The second-order valence-corrected chi connectivity index (χ2v) is 7.21. The molecule has 7 nitrogen and oxygen atoms in total. The van der Waals surface area contributed by atoms with Crippen LogP contribution in [0.4, 0.5) is 0 Å². The third-order valence-electron chi connectivity index (χ3n) is 4.71. The number of rotatable bonds is 7. The minimum Gasteiger partial charge on any atom is -0.493 e. The van der Waals surface area contributed by atoms with Gasteiger partial charge in [-0.3, -0.25) is 9.59 Å². The molecule has 1 aliphatic rings. The molecule has 2 atom stereocenters. The summed E-state index contributed by atoms with van der Waals surface area (Å²) in [6.45, 7) is 1.76. The van der Waals surface area contributed by atoms with Gasteiger partial charge in [-0.2, -0.15) is 5.26 Å². The molecule has 0 radical (unpaired) electrons. The van der Waals surface area contributed by atoms with E-state index in [0.717, 1.165) is 25.7 Å². The van der Waals surface area contributed by atoms with E-state index in [1.54, 1.807) is 6.07 Å². The first-order valence-electron chi connectivity index (χ1n) is 9.07. The Morgan fingerprint density at radius 3 is 2.71 bits per heavy atom. The first-order chi connectivity index (χ1) is 13.3. The van der Waals surface area contributed by atoms with E-state index < -0.39 is 11.8 Å². The minimum atomic E-state index is -0.650. The van der Waals surface area contributed by atoms with Crippen LogP contribution in [0.1, 0.15) is 38.2 Å². The Morgan fingerprint density at radius 2 is 2.11 bits per heavy atom. The van der Waals surface area contributed by atoms with Crippen molar-refractivity contribution in [3.63, 3.8) is 0 Å². The predicted molar refractivity (Wildman–Crippen MR) is 106 cm³/mol. The van der Waals surface area contributed by atoms with Crippen LogP contribution in [0, 0.1) is 17.2 Å². The molecule has 1 aliphatic carbocycles. The van der Waals surface area contributed by atoms with Gasteiger partial charge < -0.3 is 20.5 Å². The summed E-state index contributed by atoms with van der Waals surface area (Å²) in [5, 5.41) is 12.6. The highest BCUT2D eigenvalue weighted by Crippen LogP contribution is 2.37. The lowest BCUT2D eigenvalue weighted by Crippen LogP contribution is -2.41. The van der Waals surface area contributed by atoms with Crippen molar-refractivity contribution in [2.24, 2.45) is 11.7 Å². The highest BCUT2D eigenvalue weighted by atomic mass is 35.5. The van der Waals surface area contributed by atoms with Gasteiger partial charge in [0.15, 0.2) is 18.1 Å². The monoisotopic (exact) mass is 405 g/mol. The third-order valence-corrected chi connectivity index (χ3v) is 5.00. The molecule has 0 heterocycles. The minimum absolute atomic E-state index is 0.0262. The fourth-order valence-electron chi connectivity index (χ4n) is 3.20. The average Bonchev–Trinajstić information content (AvgIpc) is 2.66. The number of nitriles is 1. The quantitative estimate of drug-likeness (QED) is 0.534. The molecule has 2 unspecified atom stereocenters. The second-order valence-electron chi connectivity index (χ2n) is 6.80. The van der Waals surface area contributed by atoms with Crippen LogP contribution in [0.15, 0.2) is 17.7 Å². The van der Waals surface area contributed by atoms with Crippen LogP contribution in [-0.4, -0.2) is 31.6 Å². The van der Waals surface area contributed by atoms with Gasteiger partial charge in [-0.1, -0.05) is 31.4 Å². The van der Waals surface area contributed by atoms with Crippen molar-refractivity contribution >= 4 is 29.5 Å². The van der Waals surface area contributed by atoms with Crippen LogP contribution in [0.25, 0.3) is 6.08 Å². The predicted octanol–water partition coefficient (Wildman–Crippen LogP) is 2.81. The first-order valence-corrected chi connectivity index (χ1v) is 9.44. The van der Waals surface area contributed by atoms with Crippen LogP contribution in [-0.2, 0) is 9.59 Å². The summed E-state index contributed by atoms with van der Waals surface area (Å²) in [4.78, 5) is 23.5. The lowest BCUT2D eigenvalue weighted by Gasteiger charge is -2.29. The molecular weight excluding hydrogens is 382 g/mol. The maximum absolute atomic E-state index is 12.5. The van der Waals surface area contributed by atoms with Crippen molar-refractivity contribution in [1.29, 1.82) is 5.26 Å². The van der Waals surface area contributed by atoms with Crippen LogP contribution in [0.3, 0.4) is 0 Å². The maximum Gasteiger partial charge on any atom is 0.262 e. The Balaban J connectivity index is 2.23. The normalized spacial score (nSPS) is 19.4. The van der Waals surface area contributed by atoms with Gasteiger partial charge in [0.1, 0.15) is 11.6 Å². The van der Waals surface area contributed by atoms with Gasteiger partial charge in [0, 0.05) is 6.04 Å². The maximum atomic E-state index is 12.5. The number of methoxy groups -OCH3 is 1. The van der Waals surface area contributed by atoms with Crippen molar-refractivity contribution in [3.05, 3.63) is 28.3 Å². The number of nitrogens with one attached hydrogen (secondary N) is 1. The van der Waals surface area contributed by atoms with E-state index in [1.807, 2.05) is 6.07 Å². The number of hydrogen-bond acceptors (Lipinski definition) is 5. The molecule has 8 heteroatoms. The van der Waals surface area contributed by atoms with E-state index in [-0.39, 0.29) is 34.7 Å². The van der Waals surface area contributed by atoms with Gasteiger partial charge in [0.2, 0.25) is 0 Å². The molecule has 0 saturated heterocycles. The number of benzene rings is 1. The lowest BCUT2D eigenvalue weighted by molar-refractivity contribution is -0.120. The van der Waals surface area contributed by atoms with E-state index in [4.69, 9.17) is 26.8 Å². The SMILES string of the molecule is COc1cc(C=C(C#N)C(=O)NC2CCCCC2C)cc(Cl)c1OCC(N)=O. The zero-order valence-electron chi connectivity index (χ0n) is 16.0. The third kappa shape index (κ3) is 5.64. The summed E-state index contributed by atoms with van der Waals surface area (Å²) in [5.41, 5.74) is 5.55. The molecule has 3 N–H and O–H groups in total. The van der Waals surface area contributed by atoms with E-state index in [2.05, 4.69) is 12.2 Å². The Labute approximate surface area is 169 Å². The van der Waals surface area contributed by atoms with E-state index in [1.165, 1.54) is 19.3 Å². The summed E-state index contributed by atoms with van der Waals surface area (Å²) in [6, 6.07) is 5.10. The van der Waals surface area contributed by atoms with Crippen molar-refractivity contribution in [3.8, 4) is 17.6 Å². The zero-order chi connectivity index (χ0) is 20.7. The van der Waals surface area contributed by atoms with E-state index >= 15 is 0 Å². The van der Waals surface area contributed by atoms with Crippen LogP contribution in [0.5, 0.6) is 11.5 Å². The smallest absolute Gasteiger partial charge is 0.262 e. The number of primary amides is 1. The van der Waals surface area contributed by atoms with Gasteiger partial charge in [0.05, 0.1) is 12.1 Å². The van der Waals surface area contributed by atoms with Gasteiger partial charge in [-0.25, -0.2) is 0 Å². The second kappa shape index (κ2) is 10.00. The van der Waals surface area contributed by atoms with Gasteiger partial charge >= 0.3 is 0 Å². The molecule has 1 aromatic rings. The summed E-state index contributed by atoms with van der Waals surface area (Å²) in [6.07, 6.45) is 5.65. The molecule has 150 valence electrons. The molecule has 1 aromatic carbocycles. The lowest BCUT2D eigenvalue weighted by atomic mass is 9.86. The molecule has 1 fully saturated rings. The van der Waals surface area contributed by atoms with Crippen LogP contribution >= 0.6 is 11.6 Å². The summed E-state index contributed by atoms with van der Waals surface area (Å²) in [5.74, 6) is -0.251. The van der Waals surface area contributed by atoms with Crippen molar-refractivity contribution in [2.75, 3.05) is 13.7 Å². The summed E-state index contributed by atoms with van der Waals surface area (Å²) in [7, 11) is 1.42. The van der Waals surface area contributed by atoms with Crippen molar-refractivity contribution in [1.82, 2.24) is 5.32 Å². The van der Waals surface area contributed by atoms with Crippen LogP contribution < -0.4 is 20.5 Å². The van der Waals surface area contributed by atoms with Crippen molar-refractivity contribution in [2.45, 2.75) is 38.6 Å². The standard InChI is InChI=1S/C20H24ClN3O4/c1-12-5-3-4-6-16(12)24-20(26)14(10-22)7-13-8-15(21)19(17(9-13)27-2)28-11-18(23)25/h7-9,12,16H,3-6,11H2,1-2H3,(H2,23,25)(H,24,26). The fraction of sp³-hybridized carbons (Fsp3) is 0.450. The molecule has 1 saturated carbocycles. The topological polar surface area (TPSA) is 114 Å². The van der Waals surface area contributed by atoms with Gasteiger partial charge in [-0.05, 0) is 42.5 Å². The zero-order valence-corrected chi connectivity index (χ0v) is 16.7. The first kappa shape index (κ1) is 21.6. The molecule has 0 aromatic heterocycles. The molecule has 0 bridgehead atoms. The molecule has 28 heavy (non-hydrogen) atoms. The summed E-state index contributed by atoms with van der Waals surface area (Å²) >= 11 is 6.21. The number of carbonyl (C=O) groups is 2. The Morgan fingerprint density at radius 1 is 1.39 bits per heavy atom. The number of amides is 2. The van der Waals surface area contributed by atoms with Crippen LogP contribution in [0.2, 0.25) is 5.02 Å². The van der Waals surface area contributed by atoms with Gasteiger partial charge in [-0.15, -0.1) is 0 Å². The molecule has 0 aliphatic heterocycles. The number of carbonyl (C=O) groups excluding carboxylic acids is 2. The Hall–Kier alpha value is -2.72. The average molecular weight is 406 g/mol. The largest absolute Gasteiger partial charge is 0.493 e. The molecule has 2 amide bonds. The van der Waals surface area contributed by atoms with Crippen molar-refractivity contribution < 1.29 is 19.1 Å². The Kier molecular flexibility index (Phi) is 7.70. The Bertz CT molecular complexity index is 816. The molecular formula is C20H24ClN3O4. The van der Waals surface area contributed by atoms with E-state index in [0.29, 0.717) is 11.5 Å². The highest BCUT2D eigenvalue weighted by molar-refractivity contribution is 6.32. The number of nitrogens with zero attached hydrogens (tertiary/aromatic N) is 1. The summed E-state index contributed by atoms with van der Waals surface area (Å²) < 4.78 is 10.5. The molecule has 2 rings (SSSR count). The fourth-order valence-corrected chi connectivity index (χ4v) is 3.47. The highest BCUT2D eigenvalue weighted by Gasteiger charge is 2.24. The molecule has 0 spiro atoms. The number of ether oxygens (including phenoxy) is 2. The van der Waals surface area contributed by atoms with Gasteiger partial charge in [0.25, 0.3) is 11.8 Å². The number of hydrogen-bond donors (Lipinski definition) is 2. The number of halogens is 1. The van der Waals surface area contributed by atoms with E-state index in [9.17, 15) is 14.9 Å².